The van der Waals surface area contributed by atoms with E-state index >= 15 is 0 Å². The summed E-state index contributed by atoms with van der Waals surface area (Å²) in [6, 6.07) is 3.83. The molecule has 0 N–H and O–H groups in total. The van der Waals surface area contributed by atoms with Crippen LogP contribution in [0.4, 0.5) is 13.2 Å². The number of halogens is 4. The van der Waals surface area contributed by atoms with Crippen LogP contribution in [0.2, 0.25) is 0 Å². The van der Waals surface area contributed by atoms with E-state index in [2.05, 4.69) is 20.7 Å². The van der Waals surface area contributed by atoms with Crippen LogP contribution in [0.5, 0.6) is 5.75 Å². The van der Waals surface area contributed by atoms with Crippen LogP contribution in [-0.4, -0.2) is 43.0 Å². The van der Waals surface area contributed by atoms with Crippen LogP contribution in [0.1, 0.15) is 17.3 Å². The summed E-state index contributed by atoms with van der Waals surface area (Å²) < 4.78 is 47.0. The van der Waals surface area contributed by atoms with Crippen LogP contribution < -0.4 is 4.74 Å². The van der Waals surface area contributed by atoms with Gasteiger partial charge in [0.25, 0.3) is 5.91 Å². The van der Waals surface area contributed by atoms with E-state index in [0.717, 1.165) is 6.07 Å². The lowest BCUT2D eigenvalue weighted by atomic mass is 10.1. The molecule has 1 aromatic carbocycles. The maximum absolute atomic E-state index is 12.4. The van der Waals surface area contributed by atoms with Crippen molar-refractivity contribution in [2.45, 2.75) is 19.4 Å². The van der Waals surface area contributed by atoms with Gasteiger partial charge in [-0.05, 0) is 25.1 Å². The predicted molar refractivity (Wildman–Crippen MR) is 72.1 cm³/mol. The lowest BCUT2D eigenvalue weighted by Crippen LogP contribution is -2.44. The third-order valence-corrected chi connectivity index (χ3v) is 3.42. The number of amides is 1. The zero-order valence-corrected chi connectivity index (χ0v) is 12.7. The number of rotatable bonds is 2. The minimum Gasteiger partial charge on any atom is -0.405 e. The number of hydrogen-bond donors (Lipinski definition) is 0. The molecule has 21 heavy (non-hydrogen) atoms. The molecule has 1 aliphatic rings. The summed E-state index contributed by atoms with van der Waals surface area (Å²) in [5, 5.41) is 0. The van der Waals surface area contributed by atoms with Crippen molar-refractivity contribution < 1.29 is 27.4 Å². The highest BCUT2D eigenvalue weighted by molar-refractivity contribution is 9.10. The molecule has 0 aliphatic carbocycles. The fourth-order valence-electron chi connectivity index (χ4n) is 2.06. The Morgan fingerprint density at radius 1 is 1.48 bits per heavy atom. The van der Waals surface area contributed by atoms with Crippen molar-refractivity contribution in [1.29, 1.82) is 0 Å². The van der Waals surface area contributed by atoms with Gasteiger partial charge in [-0.1, -0.05) is 15.9 Å². The summed E-state index contributed by atoms with van der Waals surface area (Å²) in [6.45, 7) is 2.82. The lowest BCUT2D eigenvalue weighted by Gasteiger charge is -2.31. The van der Waals surface area contributed by atoms with Crippen LogP contribution in [-0.2, 0) is 4.74 Å². The molecule has 1 amide bonds. The molecule has 116 valence electrons. The van der Waals surface area contributed by atoms with Crippen LogP contribution in [0.25, 0.3) is 0 Å². The minimum atomic E-state index is -4.85. The van der Waals surface area contributed by atoms with E-state index in [1.807, 2.05) is 0 Å². The summed E-state index contributed by atoms with van der Waals surface area (Å²) >= 11 is 3.15. The van der Waals surface area contributed by atoms with Crippen molar-refractivity contribution in [2.24, 2.45) is 0 Å². The summed E-state index contributed by atoms with van der Waals surface area (Å²) in [5.41, 5.74) is -0.129. The molecule has 1 saturated heterocycles. The lowest BCUT2D eigenvalue weighted by molar-refractivity contribution is -0.274. The van der Waals surface area contributed by atoms with E-state index in [1.165, 1.54) is 17.0 Å². The number of carbonyl (C=O) groups excluding carboxylic acids is 1. The van der Waals surface area contributed by atoms with Gasteiger partial charge in [0.1, 0.15) is 5.75 Å². The third-order valence-electron chi connectivity index (χ3n) is 2.93. The van der Waals surface area contributed by atoms with Gasteiger partial charge in [-0.15, -0.1) is 13.2 Å². The zero-order valence-electron chi connectivity index (χ0n) is 11.1. The number of carbonyl (C=O) groups is 1. The van der Waals surface area contributed by atoms with Crippen molar-refractivity contribution in [3.8, 4) is 5.75 Å². The molecule has 0 radical (unpaired) electrons. The molecule has 1 fully saturated rings. The van der Waals surface area contributed by atoms with E-state index in [9.17, 15) is 18.0 Å². The molecule has 0 bridgehead atoms. The Labute approximate surface area is 127 Å². The number of hydrogen-bond acceptors (Lipinski definition) is 3. The van der Waals surface area contributed by atoms with Crippen LogP contribution >= 0.6 is 15.9 Å². The Morgan fingerprint density at radius 3 is 2.81 bits per heavy atom. The first-order chi connectivity index (χ1) is 9.76. The fraction of sp³-hybridized carbons (Fsp3) is 0.462. The van der Waals surface area contributed by atoms with Gasteiger partial charge in [0, 0.05) is 17.6 Å². The molecule has 0 spiro atoms. The summed E-state index contributed by atoms with van der Waals surface area (Å²) in [4.78, 5) is 13.9. The van der Waals surface area contributed by atoms with Gasteiger partial charge < -0.3 is 14.4 Å². The van der Waals surface area contributed by atoms with E-state index in [0.29, 0.717) is 24.2 Å². The smallest absolute Gasteiger partial charge is 0.405 e. The normalized spacial score (nSPS) is 19.5. The number of morpholine rings is 1. The molecule has 1 aromatic rings. The molecule has 8 heteroatoms. The third kappa shape index (κ3) is 4.34. The molecule has 1 heterocycles. The van der Waals surface area contributed by atoms with Crippen molar-refractivity contribution in [2.75, 3.05) is 19.7 Å². The average molecular weight is 368 g/mol. The number of benzene rings is 1. The number of alkyl halides is 3. The minimum absolute atomic E-state index is 0.129. The molecule has 0 aromatic heterocycles. The van der Waals surface area contributed by atoms with E-state index in [1.54, 1.807) is 6.92 Å². The maximum atomic E-state index is 12.4. The van der Waals surface area contributed by atoms with E-state index in [-0.39, 0.29) is 11.7 Å². The molecule has 0 unspecified atom stereocenters. The second-order valence-electron chi connectivity index (χ2n) is 4.62. The molecule has 4 nitrogen and oxygen atoms in total. The van der Waals surface area contributed by atoms with Gasteiger partial charge in [-0.25, -0.2) is 0 Å². The predicted octanol–water partition coefficient (Wildman–Crippen LogP) is 3.21. The van der Waals surface area contributed by atoms with Gasteiger partial charge in [0.2, 0.25) is 0 Å². The second-order valence-corrected chi connectivity index (χ2v) is 5.54. The van der Waals surface area contributed by atoms with Crippen LogP contribution in [0.15, 0.2) is 22.7 Å². The van der Waals surface area contributed by atoms with Gasteiger partial charge in [0.05, 0.1) is 18.3 Å². The topological polar surface area (TPSA) is 38.8 Å². The Kier molecular flexibility index (Phi) is 4.77. The Balaban J connectivity index is 2.28. The van der Waals surface area contributed by atoms with Crippen LogP contribution in [0.3, 0.4) is 0 Å². The van der Waals surface area contributed by atoms with E-state index in [4.69, 9.17) is 4.74 Å². The molecule has 1 atom stereocenters. The van der Waals surface area contributed by atoms with Crippen molar-refractivity contribution in [3.05, 3.63) is 28.2 Å². The Hall–Kier alpha value is -1.28. The summed E-state index contributed by atoms with van der Waals surface area (Å²) in [6.07, 6.45) is -5.00. The summed E-state index contributed by atoms with van der Waals surface area (Å²) in [5.74, 6) is -1.01. The highest BCUT2D eigenvalue weighted by atomic mass is 79.9. The first-order valence-electron chi connectivity index (χ1n) is 6.22. The highest BCUT2D eigenvalue weighted by Crippen LogP contribution is 2.30. The largest absolute Gasteiger partial charge is 0.573 e. The van der Waals surface area contributed by atoms with Gasteiger partial charge >= 0.3 is 6.36 Å². The van der Waals surface area contributed by atoms with Gasteiger partial charge in [-0.3, -0.25) is 4.79 Å². The molecule has 0 saturated carbocycles. The van der Waals surface area contributed by atoms with Crippen molar-refractivity contribution >= 4 is 21.8 Å². The standard InChI is InChI=1S/C13H13BrF3NO3/c1-8-7-18(4-5-20-8)12(19)10-6-9(14)2-3-11(10)21-13(15,16)17/h2-3,6,8H,4-5,7H2,1H3/t8-/m0/s1. The zero-order chi connectivity index (χ0) is 15.6. The Morgan fingerprint density at radius 2 is 2.19 bits per heavy atom. The Bertz CT molecular complexity index is 536. The fourth-order valence-corrected chi connectivity index (χ4v) is 2.42. The van der Waals surface area contributed by atoms with E-state index < -0.39 is 18.0 Å². The molecule has 1 aliphatic heterocycles. The average Bonchev–Trinajstić information content (AvgIpc) is 2.38. The van der Waals surface area contributed by atoms with Gasteiger partial charge in [0.15, 0.2) is 0 Å². The monoisotopic (exact) mass is 367 g/mol. The SMILES string of the molecule is C[C@H]1CN(C(=O)c2cc(Br)ccc2OC(F)(F)F)CCO1. The van der Waals surface area contributed by atoms with Crippen molar-refractivity contribution in [3.63, 3.8) is 0 Å². The maximum Gasteiger partial charge on any atom is 0.573 e. The first kappa shape index (κ1) is 16.1. The first-order valence-corrected chi connectivity index (χ1v) is 7.02. The molecular weight excluding hydrogens is 355 g/mol. The number of nitrogens with zero attached hydrogens (tertiary/aromatic N) is 1. The summed E-state index contributed by atoms with van der Waals surface area (Å²) in [7, 11) is 0. The van der Waals surface area contributed by atoms with Crippen LogP contribution in [0, 0.1) is 0 Å². The number of ether oxygens (including phenoxy) is 2. The molecular formula is C13H13BrF3NO3. The second kappa shape index (κ2) is 6.23. The molecule has 2 rings (SSSR count). The van der Waals surface area contributed by atoms with Gasteiger partial charge in [-0.2, -0.15) is 0 Å². The highest BCUT2D eigenvalue weighted by Gasteiger charge is 2.34. The van der Waals surface area contributed by atoms with Crippen molar-refractivity contribution in [1.82, 2.24) is 4.90 Å². The quantitative estimate of drug-likeness (QED) is 0.805.